The number of hydrogen-bond donors (Lipinski definition) is 1. The molecule has 1 aromatic rings. The van der Waals surface area contributed by atoms with Crippen LogP contribution in [0.1, 0.15) is 37.6 Å². The van der Waals surface area contributed by atoms with Gasteiger partial charge in [0.15, 0.2) is 0 Å². The van der Waals surface area contributed by atoms with E-state index in [1.54, 1.807) is 29.2 Å². The fraction of sp³-hybridized carbons (Fsp3) is 0.529. The van der Waals surface area contributed by atoms with Crippen LogP contribution in [0, 0.1) is 11.3 Å². The van der Waals surface area contributed by atoms with Gasteiger partial charge in [-0.15, -0.1) is 0 Å². The molecular formula is C17H23NO4. The Morgan fingerprint density at radius 2 is 1.95 bits per heavy atom. The predicted octanol–water partition coefficient (Wildman–Crippen LogP) is 2.66. The van der Waals surface area contributed by atoms with Gasteiger partial charge in [0, 0.05) is 18.7 Å². The van der Waals surface area contributed by atoms with Gasteiger partial charge >= 0.3 is 5.97 Å². The van der Waals surface area contributed by atoms with Crippen LogP contribution >= 0.6 is 0 Å². The number of hydrogen-bond acceptors (Lipinski definition) is 3. The SMILES string of the molecule is CCOc1ccc(C(=O)N2CCC(C(=O)O)(C(C)C)C2)cc1. The highest BCUT2D eigenvalue weighted by Crippen LogP contribution is 2.38. The molecule has 0 saturated carbocycles. The Morgan fingerprint density at radius 3 is 2.41 bits per heavy atom. The molecule has 0 aromatic heterocycles. The van der Waals surface area contributed by atoms with E-state index < -0.39 is 11.4 Å². The Bertz CT molecular complexity index is 552. The molecular weight excluding hydrogens is 282 g/mol. The second kappa shape index (κ2) is 6.38. The number of nitrogens with zero attached hydrogens (tertiary/aromatic N) is 1. The van der Waals surface area contributed by atoms with Crippen LogP contribution < -0.4 is 4.74 Å². The Labute approximate surface area is 130 Å². The van der Waals surface area contributed by atoms with Crippen LogP contribution in [0.4, 0.5) is 0 Å². The molecule has 1 heterocycles. The molecule has 22 heavy (non-hydrogen) atoms. The second-order valence-corrected chi connectivity index (χ2v) is 6.05. The summed E-state index contributed by atoms with van der Waals surface area (Å²) in [6.45, 7) is 7.04. The van der Waals surface area contributed by atoms with Crippen LogP contribution in [-0.4, -0.2) is 41.6 Å². The molecule has 5 nitrogen and oxygen atoms in total. The molecule has 1 N–H and O–H groups in total. The van der Waals surface area contributed by atoms with Crippen molar-refractivity contribution in [3.05, 3.63) is 29.8 Å². The first kappa shape index (κ1) is 16.3. The molecule has 1 unspecified atom stereocenters. The number of benzene rings is 1. The molecule has 1 fully saturated rings. The minimum Gasteiger partial charge on any atom is -0.494 e. The molecule has 0 spiro atoms. The summed E-state index contributed by atoms with van der Waals surface area (Å²) in [7, 11) is 0. The number of likely N-dealkylation sites (tertiary alicyclic amines) is 1. The van der Waals surface area contributed by atoms with Crippen molar-refractivity contribution < 1.29 is 19.4 Å². The van der Waals surface area contributed by atoms with E-state index in [2.05, 4.69) is 0 Å². The first-order valence-corrected chi connectivity index (χ1v) is 7.66. The lowest BCUT2D eigenvalue weighted by atomic mass is 9.76. The van der Waals surface area contributed by atoms with Crippen molar-refractivity contribution in [1.29, 1.82) is 0 Å². The lowest BCUT2D eigenvalue weighted by Gasteiger charge is -2.28. The number of carbonyl (C=O) groups excluding carboxylic acids is 1. The first-order chi connectivity index (χ1) is 10.4. The summed E-state index contributed by atoms with van der Waals surface area (Å²) in [5, 5.41) is 9.55. The largest absolute Gasteiger partial charge is 0.494 e. The van der Waals surface area contributed by atoms with E-state index in [4.69, 9.17) is 4.74 Å². The van der Waals surface area contributed by atoms with Crippen LogP contribution in [0.5, 0.6) is 5.75 Å². The van der Waals surface area contributed by atoms with Crippen molar-refractivity contribution >= 4 is 11.9 Å². The van der Waals surface area contributed by atoms with Crippen LogP contribution in [-0.2, 0) is 4.79 Å². The second-order valence-electron chi connectivity index (χ2n) is 6.05. The summed E-state index contributed by atoms with van der Waals surface area (Å²) < 4.78 is 5.36. The van der Waals surface area contributed by atoms with Crippen LogP contribution in [0.25, 0.3) is 0 Å². The van der Waals surface area contributed by atoms with Crippen LogP contribution in [0.15, 0.2) is 24.3 Å². The van der Waals surface area contributed by atoms with Crippen LogP contribution in [0.2, 0.25) is 0 Å². The van der Waals surface area contributed by atoms with Gasteiger partial charge in [-0.3, -0.25) is 9.59 Å². The van der Waals surface area contributed by atoms with E-state index in [-0.39, 0.29) is 18.4 Å². The zero-order valence-corrected chi connectivity index (χ0v) is 13.3. The topological polar surface area (TPSA) is 66.8 Å². The van der Waals surface area contributed by atoms with Gasteiger partial charge in [-0.1, -0.05) is 13.8 Å². The molecule has 0 radical (unpaired) electrons. The smallest absolute Gasteiger partial charge is 0.311 e. The van der Waals surface area contributed by atoms with Crippen molar-refractivity contribution in [3.63, 3.8) is 0 Å². The highest BCUT2D eigenvalue weighted by Gasteiger charge is 2.48. The standard InChI is InChI=1S/C17H23NO4/c1-4-22-14-7-5-13(6-8-14)15(19)18-10-9-17(11-18,12(2)3)16(20)21/h5-8,12H,4,9-11H2,1-3H3,(H,20,21). The number of ether oxygens (including phenoxy) is 1. The van der Waals surface area contributed by atoms with Crippen molar-refractivity contribution in [2.45, 2.75) is 27.2 Å². The highest BCUT2D eigenvalue weighted by atomic mass is 16.5. The Kier molecular flexibility index (Phi) is 4.74. The molecule has 1 aliphatic heterocycles. The monoisotopic (exact) mass is 305 g/mol. The van der Waals surface area contributed by atoms with Crippen molar-refractivity contribution in [2.75, 3.05) is 19.7 Å². The summed E-state index contributed by atoms with van der Waals surface area (Å²) in [6, 6.07) is 6.98. The maximum Gasteiger partial charge on any atom is 0.311 e. The van der Waals surface area contributed by atoms with Gasteiger partial charge < -0.3 is 14.7 Å². The molecule has 1 saturated heterocycles. The van der Waals surface area contributed by atoms with Gasteiger partial charge in [-0.2, -0.15) is 0 Å². The average molecular weight is 305 g/mol. The van der Waals surface area contributed by atoms with E-state index in [1.165, 1.54) is 0 Å². The van der Waals surface area contributed by atoms with Gasteiger partial charge in [0.05, 0.1) is 12.0 Å². The molecule has 120 valence electrons. The Balaban J connectivity index is 2.12. The van der Waals surface area contributed by atoms with Crippen molar-refractivity contribution in [3.8, 4) is 5.75 Å². The molecule has 1 aliphatic rings. The normalized spacial score (nSPS) is 21.2. The van der Waals surface area contributed by atoms with E-state index >= 15 is 0 Å². The summed E-state index contributed by atoms with van der Waals surface area (Å²) in [5.41, 5.74) is -0.269. The molecule has 0 aliphatic carbocycles. The maximum absolute atomic E-state index is 12.5. The van der Waals surface area contributed by atoms with Gasteiger partial charge in [-0.05, 0) is 43.5 Å². The summed E-state index contributed by atoms with van der Waals surface area (Å²) in [4.78, 5) is 25.8. The lowest BCUT2D eigenvalue weighted by molar-refractivity contribution is -0.150. The molecule has 1 amide bonds. The molecule has 2 rings (SSSR count). The fourth-order valence-corrected chi connectivity index (χ4v) is 2.94. The van der Waals surface area contributed by atoms with Crippen LogP contribution in [0.3, 0.4) is 0 Å². The Morgan fingerprint density at radius 1 is 1.32 bits per heavy atom. The number of carbonyl (C=O) groups is 2. The minimum absolute atomic E-state index is 0.0110. The maximum atomic E-state index is 12.5. The molecule has 0 bridgehead atoms. The van der Waals surface area contributed by atoms with E-state index in [0.717, 1.165) is 5.75 Å². The third kappa shape index (κ3) is 2.93. The Hall–Kier alpha value is -2.04. The lowest BCUT2D eigenvalue weighted by Crippen LogP contribution is -2.40. The van der Waals surface area contributed by atoms with Crippen molar-refractivity contribution in [1.82, 2.24) is 4.90 Å². The van der Waals surface area contributed by atoms with Gasteiger partial charge in [0.25, 0.3) is 5.91 Å². The predicted molar refractivity (Wildman–Crippen MR) is 83.0 cm³/mol. The zero-order valence-electron chi connectivity index (χ0n) is 13.3. The van der Waals surface area contributed by atoms with Crippen molar-refractivity contribution in [2.24, 2.45) is 11.3 Å². The van der Waals surface area contributed by atoms with Gasteiger partial charge in [0.1, 0.15) is 5.75 Å². The summed E-state index contributed by atoms with van der Waals surface area (Å²) in [6.07, 6.45) is 0.503. The fourth-order valence-electron chi connectivity index (χ4n) is 2.94. The quantitative estimate of drug-likeness (QED) is 0.908. The van der Waals surface area contributed by atoms with E-state index in [0.29, 0.717) is 25.1 Å². The first-order valence-electron chi connectivity index (χ1n) is 7.66. The number of amides is 1. The van der Waals surface area contributed by atoms with Gasteiger partial charge in [-0.25, -0.2) is 0 Å². The third-order valence-corrected chi connectivity index (χ3v) is 4.53. The third-order valence-electron chi connectivity index (χ3n) is 4.53. The van der Waals surface area contributed by atoms with E-state index in [9.17, 15) is 14.7 Å². The molecule has 1 aromatic carbocycles. The number of carboxylic acids is 1. The zero-order chi connectivity index (χ0) is 16.3. The molecule has 1 atom stereocenters. The number of rotatable bonds is 5. The number of carboxylic acid groups (broad SMARTS) is 1. The summed E-state index contributed by atoms with van der Waals surface area (Å²) >= 11 is 0. The van der Waals surface area contributed by atoms with E-state index in [1.807, 2.05) is 20.8 Å². The minimum atomic E-state index is -0.832. The number of aliphatic carboxylic acids is 1. The average Bonchev–Trinajstić information content (AvgIpc) is 2.94. The highest BCUT2D eigenvalue weighted by molar-refractivity contribution is 5.95. The molecule has 5 heteroatoms. The summed E-state index contributed by atoms with van der Waals surface area (Å²) in [5.74, 6) is -0.220. The van der Waals surface area contributed by atoms with Gasteiger partial charge in [0.2, 0.25) is 0 Å².